The highest BCUT2D eigenvalue weighted by Gasteiger charge is 2.45. The number of anilines is 1. The normalized spacial score (nSPS) is 18.5. The third-order valence-electron chi connectivity index (χ3n) is 18.2. The number of methoxy groups -OCH3 is 1. The molecule has 0 amide bonds. The number of rotatable bonds is 8. The number of piperidine rings is 1. The van der Waals surface area contributed by atoms with Crippen molar-refractivity contribution in [2.75, 3.05) is 25.1 Å². The van der Waals surface area contributed by atoms with Crippen LogP contribution in [0.3, 0.4) is 0 Å². The van der Waals surface area contributed by atoms with Crippen molar-refractivity contribution in [2.24, 2.45) is 0 Å². The molecule has 3 heterocycles. The Labute approximate surface area is 491 Å². The van der Waals surface area contributed by atoms with Crippen molar-refractivity contribution in [1.29, 1.82) is 0 Å². The van der Waals surface area contributed by atoms with Crippen LogP contribution in [0.2, 0.25) is 0 Å². The highest BCUT2D eigenvalue weighted by Crippen LogP contribution is 2.59. The fourth-order valence-electron chi connectivity index (χ4n) is 14.1. The van der Waals surface area contributed by atoms with Crippen LogP contribution in [0.5, 0.6) is 23.0 Å². The molecule has 418 valence electrons. The minimum atomic E-state index is -0.958. The van der Waals surface area contributed by atoms with Crippen molar-refractivity contribution >= 4 is 39.4 Å². The number of benzene rings is 10. The van der Waals surface area contributed by atoms with E-state index in [0.717, 1.165) is 121 Å². The highest BCUT2D eigenvalue weighted by molar-refractivity contribution is 6.09. The molecule has 7 heteroatoms. The van der Waals surface area contributed by atoms with E-state index < -0.39 is 16.6 Å². The van der Waals surface area contributed by atoms with E-state index in [2.05, 4.69) is 171 Å². The predicted molar refractivity (Wildman–Crippen MR) is 338 cm³/mol. The average Bonchev–Trinajstić information content (AvgIpc) is 2.53. The Morgan fingerprint density at radius 1 is 0.524 bits per heavy atom. The molecule has 0 spiro atoms. The van der Waals surface area contributed by atoms with Crippen LogP contribution in [0.1, 0.15) is 108 Å². The van der Waals surface area contributed by atoms with E-state index in [1.54, 1.807) is 19.2 Å². The zero-order chi connectivity index (χ0) is 57.5. The Kier molecular flexibility index (Phi) is 13.1. The molecule has 1 saturated heterocycles. The monoisotopic (exact) mass is 1110 g/mol. The van der Waals surface area contributed by atoms with Gasteiger partial charge >= 0.3 is 0 Å². The lowest BCUT2D eigenvalue weighted by atomic mass is 9.77. The molecule has 15 rings (SSSR count). The van der Waals surface area contributed by atoms with E-state index in [-0.39, 0.29) is 17.7 Å². The molecule has 10 aromatic carbocycles. The summed E-state index contributed by atoms with van der Waals surface area (Å²) in [6.07, 6.45) is 14.7. The Balaban J connectivity index is 0.000000150. The fourth-order valence-corrected chi connectivity index (χ4v) is 14.1. The first-order valence-electron chi connectivity index (χ1n) is 29.7. The van der Waals surface area contributed by atoms with Gasteiger partial charge in [0.2, 0.25) is 0 Å². The first-order valence-corrected chi connectivity index (χ1v) is 29.7. The molecule has 5 nitrogen and oxygen atoms in total. The summed E-state index contributed by atoms with van der Waals surface area (Å²) in [4.78, 5) is 2.45. The van der Waals surface area contributed by atoms with Crippen molar-refractivity contribution < 1.29 is 27.7 Å². The standard InChI is InChI=1S/C39H33F2NO.C38H34O3/c1-38(2)34-24-28(41)16-19-32(34)35-30-8-4-5-9-31(30)37-33(36(35)38)20-21-39(43-37,25-10-14-27(40)15-11-25)26-12-17-29(18-13-26)42-22-6-3-7-23-42;1-24(2)40-29-16-14-28(15-17-29)38(27-12-9-25(3)10-13-27)22-21-34-32-19-11-26-7-5-6-8-31(26)36(32)33-20-18-30(39-4)23-35(33)37(34)41-38/h4-5,8-21,24H,3,6-7,22-23H2,1-2H3;5-10,12-18,20-24H,11,19H2,1-4H3. The Bertz CT molecular complexity index is 4270. The number of hydrogen-bond donors (Lipinski definition) is 0. The molecule has 2 aliphatic carbocycles. The number of halogens is 2. The lowest BCUT2D eigenvalue weighted by Crippen LogP contribution is -2.35. The van der Waals surface area contributed by atoms with Crippen molar-refractivity contribution in [3.8, 4) is 45.3 Å². The van der Waals surface area contributed by atoms with Gasteiger partial charge in [-0.2, -0.15) is 0 Å². The van der Waals surface area contributed by atoms with Crippen molar-refractivity contribution in [3.05, 3.63) is 267 Å². The lowest BCUT2D eigenvalue weighted by Gasteiger charge is -2.38. The van der Waals surface area contributed by atoms with Crippen molar-refractivity contribution in [3.63, 3.8) is 0 Å². The molecular weight excluding hydrogens is 1040 g/mol. The topological polar surface area (TPSA) is 40.2 Å². The lowest BCUT2D eigenvalue weighted by molar-refractivity contribution is 0.163. The molecule has 2 atom stereocenters. The van der Waals surface area contributed by atoms with E-state index in [1.165, 1.54) is 70.3 Å². The summed E-state index contributed by atoms with van der Waals surface area (Å²) in [5, 5.41) is 4.35. The largest absolute Gasteiger partial charge is 0.497 e. The Hall–Kier alpha value is -8.94. The Morgan fingerprint density at radius 3 is 1.77 bits per heavy atom. The predicted octanol–water partition coefficient (Wildman–Crippen LogP) is 18.8. The minimum Gasteiger partial charge on any atom is -0.497 e. The highest BCUT2D eigenvalue weighted by atomic mass is 19.1. The first-order chi connectivity index (χ1) is 40.8. The maximum absolute atomic E-state index is 14.6. The molecule has 0 aromatic heterocycles. The molecule has 3 aliphatic heterocycles. The minimum absolute atomic E-state index is 0.113. The van der Waals surface area contributed by atoms with Crippen LogP contribution < -0.4 is 23.8 Å². The molecule has 0 saturated carbocycles. The molecule has 10 aromatic rings. The summed E-state index contributed by atoms with van der Waals surface area (Å²) in [6, 6.07) is 61.0. The summed E-state index contributed by atoms with van der Waals surface area (Å²) in [5.74, 6) is 2.86. The van der Waals surface area contributed by atoms with Crippen LogP contribution in [0.4, 0.5) is 14.5 Å². The quantitative estimate of drug-likeness (QED) is 0.152. The van der Waals surface area contributed by atoms with E-state index >= 15 is 0 Å². The zero-order valence-electron chi connectivity index (χ0n) is 48.5. The van der Waals surface area contributed by atoms with Gasteiger partial charge in [-0.1, -0.05) is 147 Å². The van der Waals surface area contributed by atoms with E-state index in [4.69, 9.17) is 18.9 Å². The molecule has 1 fully saturated rings. The van der Waals surface area contributed by atoms with Gasteiger partial charge in [0.05, 0.1) is 13.2 Å². The number of aryl methyl sites for hydroxylation is 2. The molecule has 5 aliphatic rings. The van der Waals surface area contributed by atoms with Crippen LogP contribution in [0.15, 0.2) is 194 Å². The molecule has 84 heavy (non-hydrogen) atoms. The van der Waals surface area contributed by atoms with Crippen LogP contribution in [0.25, 0.3) is 56.0 Å². The number of ether oxygens (including phenoxy) is 4. The van der Waals surface area contributed by atoms with Gasteiger partial charge in [-0.05, 0) is 187 Å². The van der Waals surface area contributed by atoms with Crippen molar-refractivity contribution in [2.45, 2.75) is 89.4 Å². The summed E-state index contributed by atoms with van der Waals surface area (Å²) >= 11 is 0. The van der Waals surface area contributed by atoms with Crippen molar-refractivity contribution in [1.82, 2.24) is 0 Å². The second kappa shape index (κ2) is 20.7. The van der Waals surface area contributed by atoms with Gasteiger partial charge in [-0.25, -0.2) is 8.78 Å². The first kappa shape index (κ1) is 53.1. The molecule has 0 radical (unpaired) electrons. The number of fused-ring (bicyclic) bond motifs is 16. The molecular formula is C77H67F2NO4. The maximum Gasteiger partial charge on any atom is 0.178 e. The van der Waals surface area contributed by atoms with Gasteiger partial charge < -0.3 is 23.8 Å². The fraction of sp³-hybridized carbons (Fsp3) is 0.221. The van der Waals surface area contributed by atoms with Gasteiger partial charge in [0.1, 0.15) is 34.6 Å². The third-order valence-corrected chi connectivity index (χ3v) is 18.2. The van der Waals surface area contributed by atoms with Gasteiger partial charge in [0.15, 0.2) is 11.2 Å². The second-order valence-corrected chi connectivity index (χ2v) is 24.0. The van der Waals surface area contributed by atoms with Gasteiger partial charge in [0.25, 0.3) is 0 Å². The van der Waals surface area contributed by atoms with Gasteiger partial charge in [0, 0.05) is 68.3 Å². The molecule has 0 bridgehead atoms. The zero-order valence-corrected chi connectivity index (χ0v) is 48.5. The Morgan fingerprint density at radius 2 is 1.10 bits per heavy atom. The third kappa shape index (κ3) is 8.76. The number of hydrogen-bond acceptors (Lipinski definition) is 5. The van der Waals surface area contributed by atoms with E-state index in [1.807, 2.05) is 50.2 Å². The summed E-state index contributed by atoms with van der Waals surface area (Å²) in [6.45, 7) is 12.7. The molecule has 0 N–H and O–H groups in total. The second-order valence-electron chi connectivity index (χ2n) is 24.0. The summed E-state index contributed by atoms with van der Waals surface area (Å²) < 4.78 is 55.1. The SMILES string of the molecule is CC1(C)c2cc(F)ccc2-c2c1c1c(c3ccccc23)OC(c2ccc(F)cc2)(c2ccc(N3CCCCC3)cc2)C=C1.COc1ccc2c3c(c4c(c2c1)OC(c1ccc(C)cc1)(c1ccc(OC(C)C)cc1)C=C4)CCc1ccccc1-3. The average molecular weight is 1110 g/mol. The number of nitrogens with zero attached hydrogens (tertiary/aromatic N) is 1. The molecule has 2 unspecified atom stereocenters. The summed E-state index contributed by atoms with van der Waals surface area (Å²) in [7, 11) is 1.72. The van der Waals surface area contributed by atoms with Crippen LogP contribution in [0, 0.1) is 18.6 Å². The van der Waals surface area contributed by atoms with E-state index in [0.29, 0.717) is 0 Å². The smallest absolute Gasteiger partial charge is 0.178 e. The van der Waals surface area contributed by atoms with Crippen LogP contribution >= 0.6 is 0 Å². The van der Waals surface area contributed by atoms with Crippen LogP contribution in [-0.2, 0) is 29.5 Å². The van der Waals surface area contributed by atoms with E-state index in [9.17, 15) is 8.78 Å². The van der Waals surface area contributed by atoms with Gasteiger partial charge in [-0.3, -0.25) is 0 Å². The summed E-state index contributed by atoms with van der Waals surface area (Å²) in [5.41, 5.74) is 16.1. The maximum atomic E-state index is 14.6. The van der Waals surface area contributed by atoms with Gasteiger partial charge in [-0.15, -0.1) is 0 Å². The van der Waals surface area contributed by atoms with Crippen LogP contribution in [-0.4, -0.2) is 26.3 Å².